The zero-order chi connectivity index (χ0) is 13.3. The predicted octanol–water partition coefficient (Wildman–Crippen LogP) is 2.12. The van der Waals surface area contributed by atoms with Gasteiger partial charge in [-0.05, 0) is 12.1 Å². The molecule has 0 fully saturated rings. The third kappa shape index (κ3) is 2.08. The Morgan fingerprint density at radius 2 is 2.00 bits per heavy atom. The van der Waals surface area contributed by atoms with Crippen LogP contribution in [0.15, 0.2) is 30.7 Å². The molecule has 0 unspecified atom stereocenters. The van der Waals surface area contributed by atoms with Gasteiger partial charge in [0, 0.05) is 18.6 Å². The molecule has 0 aromatic carbocycles. The van der Waals surface area contributed by atoms with Crippen LogP contribution in [-0.4, -0.2) is 20.7 Å². The molecular formula is C10H5F4N3O. The Kier molecular flexibility index (Phi) is 2.85. The number of rotatable bonds is 1. The van der Waals surface area contributed by atoms with Gasteiger partial charge in [0.05, 0.1) is 5.56 Å². The summed E-state index contributed by atoms with van der Waals surface area (Å²) in [5.41, 5.74) is -2.46. The Morgan fingerprint density at radius 1 is 1.28 bits per heavy atom. The third-order valence-corrected chi connectivity index (χ3v) is 2.10. The second-order valence-corrected chi connectivity index (χ2v) is 3.27. The van der Waals surface area contributed by atoms with E-state index in [1.54, 1.807) is 0 Å². The highest BCUT2D eigenvalue weighted by atomic mass is 19.4. The number of aromatic nitrogens is 3. The smallest absolute Gasteiger partial charge is 0.267 e. The first-order valence-electron chi connectivity index (χ1n) is 4.67. The Bertz CT molecular complexity index is 577. The number of alkyl halides is 3. The zero-order valence-corrected chi connectivity index (χ0v) is 8.65. The van der Waals surface area contributed by atoms with Gasteiger partial charge in [0.2, 0.25) is 0 Å². The van der Waals surface area contributed by atoms with Crippen LogP contribution >= 0.6 is 0 Å². The number of pyridine rings is 1. The van der Waals surface area contributed by atoms with E-state index in [4.69, 9.17) is 0 Å². The lowest BCUT2D eigenvalue weighted by atomic mass is 10.2. The van der Waals surface area contributed by atoms with Gasteiger partial charge in [0.15, 0.2) is 11.5 Å². The van der Waals surface area contributed by atoms with Crippen LogP contribution in [0.2, 0.25) is 0 Å². The molecule has 0 atom stereocenters. The quantitative estimate of drug-likeness (QED) is 0.737. The minimum atomic E-state index is -4.95. The van der Waals surface area contributed by atoms with Crippen LogP contribution in [0, 0.1) is 5.82 Å². The maximum absolute atomic E-state index is 13.6. The Balaban J connectivity index is 2.50. The summed E-state index contributed by atoms with van der Waals surface area (Å²) in [7, 11) is 0. The largest absolute Gasteiger partial charge is 0.436 e. The van der Waals surface area contributed by atoms with Crippen LogP contribution < -0.4 is 0 Å². The number of hydrogen-bond donors (Lipinski definition) is 0. The number of hydrogen-bond acceptors (Lipinski definition) is 3. The second-order valence-electron chi connectivity index (χ2n) is 3.27. The maximum Gasteiger partial charge on any atom is 0.436 e. The van der Waals surface area contributed by atoms with Gasteiger partial charge in [-0.2, -0.15) is 18.3 Å². The molecule has 2 aromatic rings. The van der Waals surface area contributed by atoms with Crippen molar-refractivity contribution < 1.29 is 22.4 Å². The third-order valence-electron chi connectivity index (χ3n) is 2.10. The number of carbonyl (C=O) groups excluding carboxylic acids is 1. The molecule has 18 heavy (non-hydrogen) atoms. The predicted molar refractivity (Wildman–Crippen MR) is 51.2 cm³/mol. The molecule has 0 radical (unpaired) electrons. The molecule has 0 aliphatic carbocycles. The Labute approximate surface area is 97.9 Å². The van der Waals surface area contributed by atoms with E-state index in [2.05, 4.69) is 10.1 Å². The molecule has 0 aliphatic rings. The fourth-order valence-electron chi connectivity index (χ4n) is 1.32. The molecule has 0 bridgehead atoms. The van der Waals surface area contributed by atoms with Crippen molar-refractivity contribution >= 4 is 5.91 Å². The summed E-state index contributed by atoms with van der Waals surface area (Å²) in [6.07, 6.45) is -1.77. The number of carbonyl (C=O) groups is 1. The van der Waals surface area contributed by atoms with Gasteiger partial charge in [-0.3, -0.25) is 4.79 Å². The standard InChI is InChI=1S/C10H5F4N3O/c11-7-6(9(18)17-5-1-3-16-17)2-4-15-8(7)10(12,13)14/h1-5H. The normalized spacial score (nSPS) is 11.6. The molecular weight excluding hydrogens is 254 g/mol. The molecule has 0 amide bonds. The van der Waals surface area contributed by atoms with Crippen molar-refractivity contribution in [2.24, 2.45) is 0 Å². The van der Waals surface area contributed by atoms with E-state index >= 15 is 0 Å². The van der Waals surface area contributed by atoms with Crippen molar-refractivity contribution in [3.63, 3.8) is 0 Å². The molecule has 2 aromatic heterocycles. The summed E-state index contributed by atoms with van der Waals surface area (Å²) < 4.78 is 51.5. The van der Waals surface area contributed by atoms with E-state index in [1.807, 2.05) is 0 Å². The fraction of sp³-hybridized carbons (Fsp3) is 0.100. The van der Waals surface area contributed by atoms with Gasteiger partial charge in [-0.25, -0.2) is 14.1 Å². The lowest BCUT2D eigenvalue weighted by Crippen LogP contribution is -2.19. The van der Waals surface area contributed by atoms with E-state index in [1.165, 1.54) is 18.5 Å². The average Bonchev–Trinajstić information content (AvgIpc) is 2.80. The summed E-state index contributed by atoms with van der Waals surface area (Å²) in [6, 6.07) is 2.26. The Hall–Kier alpha value is -2.25. The summed E-state index contributed by atoms with van der Waals surface area (Å²) in [6.45, 7) is 0. The van der Waals surface area contributed by atoms with Crippen LogP contribution in [0.5, 0.6) is 0 Å². The summed E-state index contributed by atoms with van der Waals surface area (Å²) in [4.78, 5) is 14.6. The van der Waals surface area contributed by atoms with Crippen molar-refractivity contribution in [3.05, 3.63) is 47.8 Å². The second kappa shape index (κ2) is 4.21. The van der Waals surface area contributed by atoms with E-state index in [0.717, 1.165) is 16.9 Å². The highest BCUT2D eigenvalue weighted by Crippen LogP contribution is 2.30. The van der Waals surface area contributed by atoms with Crippen LogP contribution in [-0.2, 0) is 6.18 Å². The molecule has 0 saturated carbocycles. The number of halogens is 4. The van der Waals surface area contributed by atoms with Crippen LogP contribution in [0.1, 0.15) is 16.1 Å². The topological polar surface area (TPSA) is 47.8 Å². The van der Waals surface area contributed by atoms with E-state index in [9.17, 15) is 22.4 Å². The minimum absolute atomic E-state index is 0.725. The first-order chi connectivity index (χ1) is 8.41. The van der Waals surface area contributed by atoms with E-state index < -0.39 is 29.2 Å². The van der Waals surface area contributed by atoms with Crippen molar-refractivity contribution in [1.29, 1.82) is 0 Å². The molecule has 0 N–H and O–H groups in total. The monoisotopic (exact) mass is 259 g/mol. The Morgan fingerprint density at radius 3 is 2.56 bits per heavy atom. The lowest BCUT2D eigenvalue weighted by Gasteiger charge is -2.09. The summed E-state index contributed by atoms with van der Waals surface area (Å²) in [5.74, 6) is -2.70. The van der Waals surface area contributed by atoms with Gasteiger partial charge in [0.1, 0.15) is 0 Å². The molecule has 4 nitrogen and oxygen atoms in total. The van der Waals surface area contributed by atoms with Crippen molar-refractivity contribution in [1.82, 2.24) is 14.8 Å². The van der Waals surface area contributed by atoms with E-state index in [0.29, 0.717) is 0 Å². The van der Waals surface area contributed by atoms with Crippen molar-refractivity contribution in [2.45, 2.75) is 6.18 Å². The van der Waals surface area contributed by atoms with Gasteiger partial charge < -0.3 is 0 Å². The van der Waals surface area contributed by atoms with Gasteiger partial charge in [0.25, 0.3) is 5.91 Å². The maximum atomic E-state index is 13.6. The van der Waals surface area contributed by atoms with Crippen LogP contribution in [0.3, 0.4) is 0 Å². The molecule has 0 spiro atoms. The lowest BCUT2D eigenvalue weighted by molar-refractivity contribution is -0.143. The van der Waals surface area contributed by atoms with E-state index in [-0.39, 0.29) is 0 Å². The first-order valence-corrected chi connectivity index (χ1v) is 4.67. The zero-order valence-electron chi connectivity index (χ0n) is 8.65. The van der Waals surface area contributed by atoms with Gasteiger partial charge in [-0.15, -0.1) is 0 Å². The molecule has 0 aliphatic heterocycles. The van der Waals surface area contributed by atoms with Crippen LogP contribution in [0.25, 0.3) is 0 Å². The average molecular weight is 259 g/mol. The molecule has 8 heteroatoms. The summed E-state index contributed by atoms with van der Waals surface area (Å²) >= 11 is 0. The van der Waals surface area contributed by atoms with Crippen molar-refractivity contribution in [2.75, 3.05) is 0 Å². The highest BCUT2D eigenvalue weighted by Gasteiger charge is 2.37. The summed E-state index contributed by atoms with van der Waals surface area (Å²) in [5, 5.41) is 3.52. The molecule has 94 valence electrons. The SMILES string of the molecule is O=C(c1ccnc(C(F)(F)F)c1F)n1cccn1. The molecule has 0 saturated heterocycles. The highest BCUT2D eigenvalue weighted by molar-refractivity contribution is 5.95. The fourth-order valence-corrected chi connectivity index (χ4v) is 1.32. The minimum Gasteiger partial charge on any atom is -0.267 e. The molecule has 2 rings (SSSR count). The van der Waals surface area contributed by atoms with Crippen molar-refractivity contribution in [3.8, 4) is 0 Å². The van der Waals surface area contributed by atoms with Crippen LogP contribution in [0.4, 0.5) is 17.6 Å². The number of nitrogens with zero attached hydrogens (tertiary/aromatic N) is 3. The molecule has 2 heterocycles. The van der Waals surface area contributed by atoms with Gasteiger partial charge in [-0.1, -0.05) is 0 Å². The first kappa shape index (κ1) is 12.2. The van der Waals surface area contributed by atoms with Gasteiger partial charge >= 0.3 is 6.18 Å².